The van der Waals surface area contributed by atoms with E-state index in [-0.39, 0.29) is 18.0 Å². The number of H-pyrrole nitrogens is 2. The van der Waals surface area contributed by atoms with E-state index < -0.39 is 17.1 Å². The first-order chi connectivity index (χ1) is 8.00. The number of aliphatic imine (C=N–C) groups is 1. The molecule has 0 saturated carbocycles. The zero-order valence-electron chi connectivity index (χ0n) is 9.11. The summed E-state index contributed by atoms with van der Waals surface area (Å²) in [5.41, 5.74) is -1.65. The van der Waals surface area contributed by atoms with Gasteiger partial charge in [-0.25, -0.2) is 4.79 Å². The van der Waals surface area contributed by atoms with Gasteiger partial charge in [-0.1, -0.05) is 0 Å². The summed E-state index contributed by atoms with van der Waals surface area (Å²) >= 11 is 0. The van der Waals surface area contributed by atoms with Crippen LogP contribution >= 0.6 is 0 Å². The molecule has 1 aromatic rings. The van der Waals surface area contributed by atoms with Crippen LogP contribution in [0.2, 0.25) is 0 Å². The van der Waals surface area contributed by atoms with E-state index in [4.69, 9.17) is 0 Å². The van der Waals surface area contributed by atoms with Crippen LogP contribution in [0.4, 0.5) is 0 Å². The van der Waals surface area contributed by atoms with Crippen molar-refractivity contribution in [1.82, 2.24) is 15.3 Å². The normalized spacial score (nSPS) is 10.6. The standard InChI is InChI=1S/C9H12N4O4/c1-5(14)11-3-2-10-4-6-7(15)12-9(17)13-8(6)16/h4H,2-3H2,1H3,(H,11,14)(H3,12,13,15,16,17). The highest BCUT2D eigenvalue weighted by atomic mass is 16.3. The molecule has 0 unspecified atom stereocenters. The minimum atomic E-state index is -0.789. The molecule has 0 fully saturated rings. The molecule has 0 atom stereocenters. The van der Waals surface area contributed by atoms with Crippen molar-refractivity contribution in [3.63, 3.8) is 0 Å². The second-order valence-corrected chi connectivity index (χ2v) is 3.19. The third-order valence-electron chi connectivity index (χ3n) is 1.79. The molecule has 8 heteroatoms. The molecule has 0 radical (unpaired) electrons. The number of aromatic amines is 2. The van der Waals surface area contributed by atoms with Crippen molar-refractivity contribution in [1.29, 1.82) is 0 Å². The summed E-state index contributed by atoms with van der Waals surface area (Å²) in [6.45, 7) is 1.97. The van der Waals surface area contributed by atoms with Crippen LogP contribution < -0.4 is 16.6 Å². The monoisotopic (exact) mass is 240 g/mol. The first-order valence-electron chi connectivity index (χ1n) is 4.80. The van der Waals surface area contributed by atoms with Gasteiger partial charge in [-0.15, -0.1) is 0 Å². The summed E-state index contributed by atoms with van der Waals surface area (Å²) in [4.78, 5) is 40.3. The predicted molar refractivity (Wildman–Crippen MR) is 60.5 cm³/mol. The molecule has 0 aliphatic rings. The van der Waals surface area contributed by atoms with E-state index in [1.165, 1.54) is 6.92 Å². The molecule has 0 saturated heterocycles. The lowest BCUT2D eigenvalue weighted by Crippen LogP contribution is -2.25. The van der Waals surface area contributed by atoms with E-state index in [0.717, 1.165) is 6.21 Å². The zero-order chi connectivity index (χ0) is 12.8. The number of aromatic nitrogens is 2. The van der Waals surface area contributed by atoms with Crippen molar-refractivity contribution in [2.45, 2.75) is 6.92 Å². The second-order valence-electron chi connectivity index (χ2n) is 3.19. The first kappa shape index (κ1) is 12.7. The van der Waals surface area contributed by atoms with Gasteiger partial charge in [0, 0.05) is 19.7 Å². The average Bonchev–Trinajstić information content (AvgIpc) is 2.20. The number of aromatic hydroxyl groups is 1. The number of nitrogens with zero attached hydrogens (tertiary/aromatic N) is 1. The van der Waals surface area contributed by atoms with Crippen molar-refractivity contribution >= 4 is 12.1 Å². The Balaban J connectivity index is 2.69. The highest BCUT2D eigenvalue weighted by Gasteiger charge is 2.04. The predicted octanol–water partition coefficient (Wildman–Crippen LogP) is -1.68. The van der Waals surface area contributed by atoms with Crippen LogP contribution in [0, 0.1) is 0 Å². The Hall–Kier alpha value is -2.38. The third kappa shape index (κ3) is 3.93. The second kappa shape index (κ2) is 5.64. The fourth-order valence-corrected chi connectivity index (χ4v) is 1.06. The van der Waals surface area contributed by atoms with Gasteiger partial charge in [-0.2, -0.15) is 0 Å². The summed E-state index contributed by atoms with van der Waals surface area (Å²) < 4.78 is 0. The Kier molecular flexibility index (Phi) is 4.21. The zero-order valence-corrected chi connectivity index (χ0v) is 9.11. The molecule has 0 aromatic carbocycles. The number of nitrogens with one attached hydrogen (secondary N) is 3. The number of carbonyl (C=O) groups is 1. The fourth-order valence-electron chi connectivity index (χ4n) is 1.06. The summed E-state index contributed by atoms with van der Waals surface area (Å²) in [6.07, 6.45) is 1.13. The van der Waals surface area contributed by atoms with Crippen molar-refractivity contribution in [3.05, 3.63) is 26.4 Å². The van der Waals surface area contributed by atoms with Crippen molar-refractivity contribution in [2.75, 3.05) is 13.1 Å². The average molecular weight is 240 g/mol. The lowest BCUT2D eigenvalue weighted by Gasteiger charge is -1.98. The van der Waals surface area contributed by atoms with E-state index >= 15 is 0 Å². The molecule has 92 valence electrons. The lowest BCUT2D eigenvalue weighted by atomic mass is 10.3. The third-order valence-corrected chi connectivity index (χ3v) is 1.79. The van der Waals surface area contributed by atoms with E-state index in [0.29, 0.717) is 6.54 Å². The lowest BCUT2D eigenvalue weighted by molar-refractivity contribution is -0.118. The van der Waals surface area contributed by atoms with Gasteiger partial charge >= 0.3 is 5.69 Å². The molecule has 17 heavy (non-hydrogen) atoms. The maximum atomic E-state index is 11.2. The molecule has 1 aromatic heterocycles. The molecule has 0 bridgehead atoms. The van der Waals surface area contributed by atoms with Gasteiger partial charge in [-0.3, -0.25) is 24.5 Å². The van der Waals surface area contributed by atoms with Crippen LogP contribution in [0.15, 0.2) is 14.6 Å². The SMILES string of the molecule is CC(=O)NCCN=Cc1c(O)[nH]c(=O)[nH]c1=O. The molecular formula is C9H12N4O4. The van der Waals surface area contributed by atoms with E-state index in [1.807, 2.05) is 9.97 Å². The van der Waals surface area contributed by atoms with Crippen LogP contribution in [-0.2, 0) is 4.79 Å². The van der Waals surface area contributed by atoms with E-state index in [9.17, 15) is 19.5 Å². The van der Waals surface area contributed by atoms with Gasteiger partial charge in [0.2, 0.25) is 11.8 Å². The minimum absolute atomic E-state index is 0.132. The largest absolute Gasteiger partial charge is 0.494 e. The Labute approximate surface area is 95.4 Å². The Morgan fingerprint density at radius 3 is 2.76 bits per heavy atom. The molecule has 4 N–H and O–H groups in total. The molecule has 0 aliphatic carbocycles. The van der Waals surface area contributed by atoms with Gasteiger partial charge in [0.05, 0.1) is 6.54 Å². The molecule has 1 amide bonds. The van der Waals surface area contributed by atoms with Gasteiger partial charge < -0.3 is 10.4 Å². The summed E-state index contributed by atoms with van der Waals surface area (Å²) in [7, 11) is 0. The molecular weight excluding hydrogens is 228 g/mol. The van der Waals surface area contributed by atoms with Gasteiger partial charge in [0.1, 0.15) is 5.56 Å². The Morgan fingerprint density at radius 2 is 2.18 bits per heavy atom. The highest BCUT2D eigenvalue weighted by Crippen LogP contribution is 2.00. The molecule has 0 aliphatic heterocycles. The number of carbonyl (C=O) groups excluding carboxylic acids is 1. The number of hydrogen-bond donors (Lipinski definition) is 4. The van der Waals surface area contributed by atoms with Crippen LogP contribution in [0.1, 0.15) is 12.5 Å². The summed E-state index contributed by atoms with van der Waals surface area (Å²) in [6, 6.07) is 0. The van der Waals surface area contributed by atoms with Gasteiger partial charge in [0.25, 0.3) is 5.56 Å². The number of amides is 1. The molecule has 0 spiro atoms. The maximum Gasteiger partial charge on any atom is 0.328 e. The topological polar surface area (TPSA) is 127 Å². The van der Waals surface area contributed by atoms with Crippen molar-refractivity contribution in [2.24, 2.45) is 4.99 Å². The Morgan fingerprint density at radius 1 is 1.47 bits per heavy atom. The van der Waals surface area contributed by atoms with Gasteiger partial charge in [-0.05, 0) is 0 Å². The summed E-state index contributed by atoms with van der Waals surface area (Å²) in [5, 5.41) is 11.8. The van der Waals surface area contributed by atoms with Crippen molar-refractivity contribution in [3.8, 4) is 5.88 Å². The fraction of sp³-hybridized carbons (Fsp3) is 0.333. The number of rotatable bonds is 4. The smallest absolute Gasteiger partial charge is 0.328 e. The quantitative estimate of drug-likeness (QED) is 0.370. The highest BCUT2D eigenvalue weighted by molar-refractivity contribution is 5.81. The minimum Gasteiger partial charge on any atom is -0.494 e. The molecule has 1 heterocycles. The van der Waals surface area contributed by atoms with Gasteiger partial charge in [0.15, 0.2) is 0 Å². The molecule has 1 rings (SSSR count). The van der Waals surface area contributed by atoms with Crippen LogP contribution in [0.25, 0.3) is 0 Å². The number of hydrogen-bond acceptors (Lipinski definition) is 5. The maximum absolute atomic E-state index is 11.2. The molecule has 8 nitrogen and oxygen atoms in total. The van der Waals surface area contributed by atoms with Crippen LogP contribution in [0.5, 0.6) is 5.88 Å². The first-order valence-corrected chi connectivity index (χ1v) is 4.80. The van der Waals surface area contributed by atoms with E-state index in [1.54, 1.807) is 0 Å². The van der Waals surface area contributed by atoms with E-state index in [2.05, 4.69) is 10.3 Å². The summed E-state index contributed by atoms with van der Waals surface area (Å²) in [5.74, 6) is -0.716. The van der Waals surface area contributed by atoms with Crippen molar-refractivity contribution < 1.29 is 9.90 Å². The van der Waals surface area contributed by atoms with Crippen LogP contribution in [0.3, 0.4) is 0 Å². The van der Waals surface area contributed by atoms with Crippen LogP contribution in [-0.4, -0.2) is 40.3 Å². The Bertz CT molecular complexity index is 543.